The highest BCUT2D eigenvalue weighted by molar-refractivity contribution is 5.67. The molecule has 0 aromatic rings. The van der Waals surface area contributed by atoms with Crippen LogP contribution in [0.3, 0.4) is 0 Å². The molecular weight excluding hydrogens is 224 g/mol. The van der Waals surface area contributed by atoms with E-state index >= 15 is 0 Å². The molecule has 1 aliphatic rings. The van der Waals surface area contributed by atoms with Crippen LogP contribution in [0, 0.1) is 5.41 Å². The quantitative estimate of drug-likeness (QED) is 0.706. The average molecular weight is 244 g/mol. The van der Waals surface area contributed by atoms with Gasteiger partial charge in [-0.3, -0.25) is 9.59 Å². The maximum absolute atomic E-state index is 11.1. The Balaban J connectivity index is 2.89. The molecule has 17 heavy (non-hydrogen) atoms. The van der Waals surface area contributed by atoms with Gasteiger partial charge in [-0.1, -0.05) is 20.8 Å². The van der Waals surface area contributed by atoms with Crippen LogP contribution in [0.15, 0.2) is 0 Å². The third-order valence-corrected chi connectivity index (χ3v) is 3.05. The summed E-state index contributed by atoms with van der Waals surface area (Å²) in [7, 11) is 0. The molecule has 0 aliphatic carbocycles. The lowest BCUT2D eigenvalue weighted by molar-refractivity contribution is -0.195. The van der Waals surface area contributed by atoms with Gasteiger partial charge in [0.25, 0.3) is 0 Å². The second-order valence-corrected chi connectivity index (χ2v) is 4.86. The third kappa shape index (κ3) is 2.97. The van der Waals surface area contributed by atoms with E-state index < -0.39 is 24.3 Å². The molecule has 1 fully saturated rings. The van der Waals surface area contributed by atoms with Gasteiger partial charge in [-0.05, 0) is 6.42 Å². The third-order valence-electron chi connectivity index (χ3n) is 3.05. The Bertz CT molecular complexity index is 310. The minimum absolute atomic E-state index is 0.101. The van der Waals surface area contributed by atoms with Crippen molar-refractivity contribution in [1.29, 1.82) is 0 Å². The number of carbonyl (C=O) groups is 2. The number of esters is 2. The molecule has 2 unspecified atom stereocenters. The second-order valence-electron chi connectivity index (χ2n) is 4.86. The molecule has 1 heterocycles. The zero-order valence-electron chi connectivity index (χ0n) is 11.0. The molecular formula is C12H20O5. The highest BCUT2D eigenvalue weighted by Crippen LogP contribution is 2.42. The molecule has 0 radical (unpaired) electrons. The molecule has 98 valence electrons. The molecule has 1 rings (SSSR count). The lowest BCUT2D eigenvalue weighted by Crippen LogP contribution is -2.40. The summed E-state index contributed by atoms with van der Waals surface area (Å²) >= 11 is 0. The van der Waals surface area contributed by atoms with Gasteiger partial charge in [0.15, 0.2) is 6.10 Å². The molecule has 0 saturated carbocycles. The van der Waals surface area contributed by atoms with E-state index in [1.54, 1.807) is 0 Å². The number of ether oxygens (including phenoxy) is 3. The molecule has 0 spiro atoms. The van der Waals surface area contributed by atoms with Gasteiger partial charge in [0.2, 0.25) is 6.29 Å². The maximum Gasteiger partial charge on any atom is 0.305 e. The number of hydrogen-bond acceptors (Lipinski definition) is 5. The first kappa shape index (κ1) is 14.0. The van der Waals surface area contributed by atoms with Crippen LogP contribution >= 0.6 is 0 Å². The molecule has 0 N–H and O–H groups in total. The summed E-state index contributed by atoms with van der Waals surface area (Å²) in [5, 5.41) is 0. The Kier molecular flexibility index (Phi) is 4.14. The standard InChI is InChI=1S/C12H20O5/c1-6-9-12(4,5)10(15-7(2)13)11(17-9)16-8(3)14/h9-11H,6H2,1-5H3/t9-,10?,11?/m1/s1. The van der Waals surface area contributed by atoms with E-state index in [0.717, 1.165) is 6.42 Å². The summed E-state index contributed by atoms with van der Waals surface area (Å²) in [6, 6.07) is 0. The fourth-order valence-corrected chi connectivity index (χ4v) is 2.20. The Hall–Kier alpha value is -1.10. The van der Waals surface area contributed by atoms with Gasteiger partial charge < -0.3 is 14.2 Å². The number of carbonyl (C=O) groups excluding carboxylic acids is 2. The Labute approximate surface area is 101 Å². The van der Waals surface area contributed by atoms with Crippen molar-refractivity contribution in [2.75, 3.05) is 0 Å². The van der Waals surface area contributed by atoms with E-state index in [9.17, 15) is 9.59 Å². The molecule has 1 saturated heterocycles. The monoisotopic (exact) mass is 244 g/mol. The number of hydrogen-bond donors (Lipinski definition) is 0. The molecule has 1 aliphatic heterocycles. The minimum atomic E-state index is -0.809. The van der Waals surface area contributed by atoms with Gasteiger partial charge in [0.1, 0.15) is 0 Å². The molecule has 3 atom stereocenters. The number of rotatable bonds is 3. The highest BCUT2D eigenvalue weighted by Gasteiger charge is 2.53. The summed E-state index contributed by atoms with van der Waals surface area (Å²) in [6.07, 6.45) is -0.705. The highest BCUT2D eigenvalue weighted by atomic mass is 16.7. The second kappa shape index (κ2) is 5.04. The van der Waals surface area contributed by atoms with Gasteiger partial charge in [-0.15, -0.1) is 0 Å². The predicted octanol–water partition coefficient (Wildman–Crippen LogP) is 1.64. The van der Waals surface area contributed by atoms with Crippen molar-refractivity contribution in [1.82, 2.24) is 0 Å². The first-order valence-electron chi connectivity index (χ1n) is 5.79. The fourth-order valence-electron chi connectivity index (χ4n) is 2.20. The van der Waals surface area contributed by atoms with Crippen molar-refractivity contribution in [3.8, 4) is 0 Å². The zero-order valence-corrected chi connectivity index (χ0v) is 11.0. The average Bonchev–Trinajstić information content (AvgIpc) is 2.39. The van der Waals surface area contributed by atoms with Crippen molar-refractivity contribution in [2.45, 2.75) is 59.5 Å². The van der Waals surface area contributed by atoms with Crippen molar-refractivity contribution >= 4 is 11.9 Å². The van der Waals surface area contributed by atoms with Crippen molar-refractivity contribution < 1.29 is 23.8 Å². The summed E-state index contributed by atoms with van der Waals surface area (Å²) in [5.74, 6) is -0.847. The smallest absolute Gasteiger partial charge is 0.305 e. The van der Waals surface area contributed by atoms with Crippen LogP contribution in [0.4, 0.5) is 0 Å². The van der Waals surface area contributed by atoms with E-state index in [-0.39, 0.29) is 11.5 Å². The summed E-state index contributed by atoms with van der Waals surface area (Å²) in [6.45, 7) is 8.50. The first-order valence-corrected chi connectivity index (χ1v) is 5.79. The van der Waals surface area contributed by atoms with Gasteiger partial charge in [-0.25, -0.2) is 0 Å². The van der Waals surface area contributed by atoms with E-state index in [2.05, 4.69) is 0 Å². The van der Waals surface area contributed by atoms with Crippen molar-refractivity contribution in [3.63, 3.8) is 0 Å². The van der Waals surface area contributed by atoms with Crippen LogP contribution in [0.25, 0.3) is 0 Å². The summed E-state index contributed by atoms with van der Waals surface area (Å²) in [4.78, 5) is 22.1. The van der Waals surface area contributed by atoms with Crippen molar-refractivity contribution in [2.24, 2.45) is 5.41 Å². The van der Waals surface area contributed by atoms with Crippen LogP contribution in [-0.4, -0.2) is 30.4 Å². The lowest BCUT2D eigenvalue weighted by Gasteiger charge is -2.29. The summed E-state index contributed by atoms with van der Waals surface area (Å²) < 4.78 is 15.9. The SMILES string of the molecule is CC[C@H]1OC(OC(C)=O)C(OC(C)=O)C1(C)C. The molecule has 0 aromatic carbocycles. The van der Waals surface area contributed by atoms with Crippen LogP contribution in [0.2, 0.25) is 0 Å². The normalized spacial score (nSPS) is 31.0. The zero-order chi connectivity index (χ0) is 13.2. The Morgan fingerprint density at radius 3 is 2.12 bits per heavy atom. The molecule has 0 amide bonds. The van der Waals surface area contributed by atoms with Crippen LogP contribution < -0.4 is 0 Å². The molecule has 5 nitrogen and oxygen atoms in total. The molecule has 0 bridgehead atoms. The van der Waals surface area contributed by atoms with Crippen molar-refractivity contribution in [3.05, 3.63) is 0 Å². The summed E-state index contributed by atoms with van der Waals surface area (Å²) in [5.41, 5.74) is -0.374. The largest absolute Gasteiger partial charge is 0.455 e. The van der Waals surface area contributed by atoms with Gasteiger partial charge in [0, 0.05) is 19.3 Å². The van der Waals surface area contributed by atoms with Crippen LogP contribution in [0.1, 0.15) is 41.0 Å². The lowest BCUT2D eigenvalue weighted by atomic mass is 9.81. The van der Waals surface area contributed by atoms with Gasteiger partial charge in [0.05, 0.1) is 6.10 Å². The Morgan fingerprint density at radius 2 is 1.71 bits per heavy atom. The van der Waals surface area contributed by atoms with Gasteiger partial charge in [-0.2, -0.15) is 0 Å². The molecule has 5 heteroatoms. The predicted molar refractivity (Wildman–Crippen MR) is 60.1 cm³/mol. The van der Waals surface area contributed by atoms with E-state index in [4.69, 9.17) is 14.2 Å². The topological polar surface area (TPSA) is 61.8 Å². The van der Waals surface area contributed by atoms with Gasteiger partial charge >= 0.3 is 11.9 Å². The minimum Gasteiger partial charge on any atom is -0.455 e. The van der Waals surface area contributed by atoms with E-state index in [1.165, 1.54) is 13.8 Å². The van der Waals surface area contributed by atoms with E-state index in [0.29, 0.717) is 0 Å². The fraction of sp³-hybridized carbons (Fsp3) is 0.833. The Morgan fingerprint density at radius 1 is 1.18 bits per heavy atom. The van der Waals surface area contributed by atoms with Crippen LogP contribution in [-0.2, 0) is 23.8 Å². The molecule has 0 aromatic heterocycles. The van der Waals surface area contributed by atoms with E-state index in [1.807, 2.05) is 20.8 Å². The first-order chi connectivity index (χ1) is 7.78. The maximum atomic E-state index is 11.1. The van der Waals surface area contributed by atoms with Crippen LogP contribution in [0.5, 0.6) is 0 Å².